The van der Waals surface area contributed by atoms with E-state index in [-0.39, 0.29) is 10.6 Å². The maximum atomic E-state index is 13.6. The van der Waals surface area contributed by atoms with E-state index in [9.17, 15) is 18.8 Å². The Bertz CT molecular complexity index is 838. The Hall–Kier alpha value is -2.93. The highest BCUT2D eigenvalue weighted by molar-refractivity contribution is 6.30. The van der Waals surface area contributed by atoms with Crippen molar-refractivity contribution in [1.29, 1.82) is 0 Å². The normalized spacial score (nSPS) is 10.2. The van der Waals surface area contributed by atoms with Crippen molar-refractivity contribution >= 4 is 35.1 Å². The van der Waals surface area contributed by atoms with Gasteiger partial charge < -0.3 is 14.8 Å². The van der Waals surface area contributed by atoms with Crippen LogP contribution in [0.4, 0.5) is 10.1 Å². The van der Waals surface area contributed by atoms with Gasteiger partial charge in [-0.25, -0.2) is 14.0 Å². The molecule has 0 aliphatic heterocycles. The van der Waals surface area contributed by atoms with Crippen molar-refractivity contribution in [1.82, 2.24) is 0 Å². The minimum atomic E-state index is -1.00. The standard InChI is InChI=1S/C19H17ClFNO5/c1-2-9-26-18(24)12-3-6-14(7-4-12)22-17(23)11-27-19(25)15-10-13(20)5-8-16(15)21/h3-8,10H,2,9,11H2,1H3,(H,22,23). The zero-order valence-corrected chi connectivity index (χ0v) is 15.2. The van der Waals surface area contributed by atoms with Crippen molar-refractivity contribution < 1.29 is 28.2 Å². The van der Waals surface area contributed by atoms with Crippen LogP contribution in [0, 0.1) is 5.82 Å². The molecular formula is C19H17ClFNO5. The molecule has 0 heterocycles. The molecule has 2 aromatic rings. The van der Waals surface area contributed by atoms with Crippen LogP contribution in [0.25, 0.3) is 0 Å². The highest BCUT2D eigenvalue weighted by Gasteiger charge is 2.15. The number of esters is 2. The molecule has 0 aliphatic carbocycles. The number of anilines is 1. The Balaban J connectivity index is 1.87. The molecule has 2 rings (SSSR count). The van der Waals surface area contributed by atoms with Gasteiger partial charge in [0, 0.05) is 10.7 Å². The van der Waals surface area contributed by atoms with E-state index in [0.29, 0.717) is 17.9 Å². The second-order valence-electron chi connectivity index (χ2n) is 5.46. The number of halogens is 2. The highest BCUT2D eigenvalue weighted by Crippen LogP contribution is 2.16. The molecule has 0 fully saturated rings. The summed E-state index contributed by atoms with van der Waals surface area (Å²) in [6.45, 7) is 1.61. The topological polar surface area (TPSA) is 81.7 Å². The second-order valence-corrected chi connectivity index (χ2v) is 5.90. The first-order valence-corrected chi connectivity index (χ1v) is 8.47. The predicted octanol–water partition coefficient (Wildman–Crippen LogP) is 3.84. The van der Waals surface area contributed by atoms with Gasteiger partial charge in [0.2, 0.25) is 0 Å². The summed E-state index contributed by atoms with van der Waals surface area (Å²) in [5.74, 6) is -2.87. The molecule has 0 aliphatic rings. The fraction of sp³-hybridized carbons (Fsp3) is 0.211. The van der Waals surface area contributed by atoms with Crippen LogP contribution in [0.2, 0.25) is 5.02 Å². The Kier molecular flexibility index (Phi) is 7.31. The Morgan fingerprint density at radius 3 is 2.41 bits per heavy atom. The molecule has 0 atom stereocenters. The van der Waals surface area contributed by atoms with E-state index >= 15 is 0 Å². The second kappa shape index (κ2) is 9.68. The number of carbonyl (C=O) groups is 3. The molecule has 1 N–H and O–H groups in total. The molecule has 8 heteroatoms. The van der Waals surface area contributed by atoms with E-state index in [4.69, 9.17) is 21.1 Å². The lowest BCUT2D eigenvalue weighted by molar-refractivity contribution is -0.119. The van der Waals surface area contributed by atoms with Gasteiger partial charge in [-0.15, -0.1) is 0 Å². The van der Waals surface area contributed by atoms with E-state index in [1.165, 1.54) is 30.3 Å². The van der Waals surface area contributed by atoms with Crippen LogP contribution < -0.4 is 5.32 Å². The summed E-state index contributed by atoms with van der Waals surface area (Å²) in [7, 11) is 0. The average molecular weight is 394 g/mol. The van der Waals surface area contributed by atoms with Gasteiger partial charge in [-0.2, -0.15) is 0 Å². The van der Waals surface area contributed by atoms with Gasteiger partial charge in [-0.1, -0.05) is 18.5 Å². The van der Waals surface area contributed by atoms with E-state index < -0.39 is 30.3 Å². The smallest absolute Gasteiger partial charge is 0.341 e. The lowest BCUT2D eigenvalue weighted by Gasteiger charge is -2.08. The quantitative estimate of drug-likeness (QED) is 0.723. The first-order valence-electron chi connectivity index (χ1n) is 8.10. The average Bonchev–Trinajstić information content (AvgIpc) is 2.66. The first-order chi connectivity index (χ1) is 12.9. The molecule has 0 spiro atoms. The van der Waals surface area contributed by atoms with Crippen molar-refractivity contribution in [3.8, 4) is 0 Å². The summed E-state index contributed by atoms with van der Waals surface area (Å²) in [6, 6.07) is 9.47. The SMILES string of the molecule is CCCOC(=O)c1ccc(NC(=O)COC(=O)c2cc(Cl)ccc2F)cc1. The third-order valence-electron chi connectivity index (χ3n) is 3.32. The van der Waals surface area contributed by atoms with Crippen molar-refractivity contribution in [3.63, 3.8) is 0 Å². The number of carbonyl (C=O) groups excluding carboxylic acids is 3. The monoisotopic (exact) mass is 393 g/mol. The number of rotatable bonds is 7. The predicted molar refractivity (Wildman–Crippen MR) is 97.3 cm³/mol. The summed E-state index contributed by atoms with van der Waals surface area (Å²) in [6.07, 6.45) is 0.720. The van der Waals surface area contributed by atoms with Gasteiger partial charge in [0.25, 0.3) is 5.91 Å². The van der Waals surface area contributed by atoms with Crippen LogP contribution in [0.5, 0.6) is 0 Å². The minimum Gasteiger partial charge on any atom is -0.462 e. The number of benzene rings is 2. The van der Waals surface area contributed by atoms with Gasteiger partial charge in [-0.3, -0.25) is 4.79 Å². The zero-order valence-electron chi connectivity index (χ0n) is 14.5. The Morgan fingerprint density at radius 2 is 1.74 bits per heavy atom. The molecule has 0 saturated heterocycles. The maximum Gasteiger partial charge on any atom is 0.341 e. The van der Waals surface area contributed by atoms with Gasteiger partial charge in [0.15, 0.2) is 6.61 Å². The van der Waals surface area contributed by atoms with E-state index in [1.807, 2.05) is 6.92 Å². The molecule has 1 amide bonds. The number of nitrogens with one attached hydrogen (secondary N) is 1. The van der Waals surface area contributed by atoms with Crippen LogP contribution in [0.1, 0.15) is 34.1 Å². The van der Waals surface area contributed by atoms with E-state index in [1.54, 1.807) is 0 Å². The summed E-state index contributed by atoms with van der Waals surface area (Å²) in [4.78, 5) is 35.4. The molecule has 0 radical (unpaired) electrons. The van der Waals surface area contributed by atoms with Crippen LogP contribution in [0.15, 0.2) is 42.5 Å². The molecule has 142 valence electrons. The Labute approximate surface area is 160 Å². The highest BCUT2D eigenvalue weighted by atomic mass is 35.5. The van der Waals surface area contributed by atoms with Crippen molar-refractivity contribution in [2.24, 2.45) is 0 Å². The number of hydrogen-bond acceptors (Lipinski definition) is 5. The van der Waals surface area contributed by atoms with Gasteiger partial charge in [0.1, 0.15) is 5.82 Å². The van der Waals surface area contributed by atoms with Crippen LogP contribution >= 0.6 is 11.6 Å². The van der Waals surface area contributed by atoms with Gasteiger partial charge in [-0.05, 0) is 48.9 Å². The molecule has 2 aromatic carbocycles. The van der Waals surface area contributed by atoms with Crippen LogP contribution in [-0.4, -0.2) is 31.1 Å². The van der Waals surface area contributed by atoms with E-state index in [2.05, 4.69) is 5.32 Å². The molecule has 27 heavy (non-hydrogen) atoms. The summed E-state index contributed by atoms with van der Waals surface area (Å²) >= 11 is 5.71. The molecule has 6 nitrogen and oxygen atoms in total. The van der Waals surface area contributed by atoms with Crippen molar-refractivity contribution in [2.45, 2.75) is 13.3 Å². The number of hydrogen-bond donors (Lipinski definition) is 1. The van der Waals surface area contributed by atoms with Gasteiger partial charge >= 0.3 is 11.9 Å². The summed E-state index contributed by atoms with van der Waals surface area (Å²) in [5.41, 5.74) is 0.395. The molecule has 0 saturated carbocycles. The van der Waals surface area contributed by atoms with E-state index in [0.717, 1.165) is 18.6 Å². The molecular weight excluding hydrogens is 377 g/mol. The Morgan fingerprint density at radius 1 is 1.04 bits per heavy atom. The van der Waals surface area contributed by atoms with Gasteiger partial charge in [0.05, 0.1) is 17.7 Å². The number of ether oxygens (including phenoxy) is 2. The summed E-state index contributed by atoms with van der Waals surface area (Å²) in [5, 5.41) is 2.67. The maximum absolute atomic E-state index is 13.6. The molecule has 0 aromatic heterocycles. The largest absolute Gasteiger partial charge is 0.462 e. The summed E-state index contributed by atoms with van der Waals surface area (Å²) < 4.78 is 23.4. The fourth-order valence-electron chi connectivity index (χ4n) is 2.03. The molecule has 0 bridgehead atoms. The lowest BCUT2D eigenvalue weighted by Crippen LogP contribution is -2.21. The van der Waals surface area contributed by atoms with Crippen LogP contribution in [-0.2, 0) is 14.3 Å². The third kappa shape index (κ3) is 6.07. The van der Waals surface area contributed by atoms with Crippen molar-refractivity contribution in [3.05, 3.63) is 64.4 Å². The lowest BCUT2D eigenvalue weighted by atomic mass is 10.2. The third-order valence-corrected chi connectivity index (χ3v) is 3.56. The first kappa shape index (κ1) is 20.4. The van der Waals surface area contributed by atoms with Crippen LogP contribution in [0.3, 0.4) is 0 Å². The minimum absolute atomic E-state index is 0.172. The fourth-order valence-corrected chi connectivity index (χ4v) is 2.20. The van der Waals surface area contributed by atoms with Crippen molar-refractivity contribution in [2.75, 3.05) is 18.5 Å². The zero-order chi connectivity index (χ0) is 19.8. The number of amides is 1. The molecule has 0 unspecified atom stereocenters.